The van der Waals surface area contributed by atoms with Crippen molar-refractivity contribution in [2.24, 2.45) is 0 Å². The number of pyridine rings is 1. The number of anilines is 2. The summed E-state index contributed by atoms with van der Waals surface area (Å²) in [6.45, 7) is 1.76. The molecule has 0 saturated heterocycles. The molecule has 0 amide bonds. The molecule has 0 fully saturated rings. The number of nitrogens with one attached hydrogen (secondary N) is 2. The zero-order valence-corrected chi connectivity index (χ0v) is 10.6. The van der Waals surface area contributed by atoms with E-state index in [0.29, 0.717) is 5.56 Å². The van der Waals surface area contributed by atoms with E-state index in [1.807, 2.05) is 30.3 Å². The molecule has 0 aliphatic carbocycles. The molecule has 0 saturated carbocycles. The summed E-state index contributed by atoms with van der Waals surface area (Å²) < 4.78 is 0. The Hall–Kier alpha value is -2.54. The molecule has 19 heavy (non-hydrogen) atoms. The topological polar surface area (TPSA) is 60.7 Å². The summed E-state index contributed by atoms with van der Waals surface area (Å²) in [5, 5.41) is 15.2. The summed E-state index contributed by atoms with van der Waals surface area (Å²) in [6, 6.07) is 15.8. The second-order valence-electron chi connectivity index (χ2n) is 4.12. The SMILES string of the molecule is N#Cc1ccc(NCCCNc2ccccc2)nc1. The monoisotopic (exact) mass is 252 g/mol. The number of hydrogen-bond donors (Lipinski definition) is 2. The predicted molar refractivity (Wildman–Crippen MR) is 77.0 cm³/mol. The molecule has 2 aromatic rings. The first kappa shape index (κ1) is 12.9. The Balaban J connectivity index is 1.65. The van der Waals surface area contributed by atoms with Gasteiger partial charge in [0.15, 0.2) is 0 Å². The maximum absolute atomic E-state index is 8.66. The Bertz CT molecular complexity index is 528. The molecule has 2 N–H and O–H groups in total. The standard InChI is InChI=1S/C15H16N4/c16-11-13-7-8-15(19-12-13)18-10-4-9-17-14-5-2-1-3-6-14/h1-3,5-8,12,17H,4,9-10H2,(H,18,19). The fourth-order valence-electron chi connectivity index (χ4n) is 1.66. The first-order valence-electron chi connectivity index (χ1n) is 6.27. The van der Waals surface area contributed by atoms with Crippen LogP contribution in [0.2, 0.25) is 0 Å². The van der Waals surface area contributed by atoms with Gasteiger partial charge in [0.2, 0.25) is 0 Å². The fraction of sp³-hybridized carbons (Fsp3) is 0.200. The van der Waals surface area contributed by atoms with Crippen LogP contribution >= 0.6 is 0 Å². The van der Waals surface area contributed by atoms with Crippen molar-refractivity contribution in [2.45, 2.75) is 6.42 Å². The summed E-state index contributed by atoms with van der Waals surface area (Å²) >= 11 is 0. The zero-order valence-electron chi connectivity index (χ0n) is 10.6. The van der Waals surface area contributed by atoms with E-state index in [-0.39, 0.29) is 0 Å². The highest BCUT2D eigenvalue weighted by molar-refractivity contribution is 5.42. The first-order valence-corrected chi connectivity index (χ1v) is 6.27. The largest absolute Gasteiger partial charge is 0.385 e. The third-order valence-electron chi connectivity index (χ3n) is 2.66. The summed E-state index contributed by atoms with van der Waals surface area (Å²) in [7, 11) is 0. The van der Waals surface area contributed by atoms with Gasteiger partial charge >= 0.3 is 0 Å². The summed E-state index contributed by atoms with van der Waals surface area (Å²) in [4.78, 5) is 4.15. The summed E-state index contributed by atoms with van der Waals surface area (Å²) in [6.07, 6.45) is 2.57. The van der Waals surface area contributed by atoms with Gasteiger partial charge in [-0.05, 0) is 30.7 Å². The fourth-order valence-corrected chi connectivity index (χ4v) is 1.66. The van der Waals surface area contributed by atoms with Gasteiger partial charge in [-0.2, -0.15) is 5.26 Å². The maximum Gasteiger partial charge on any atom is 0.125 e. The molecule has 0 atom stereocenters. The van der Waals surface area contributed by atoms with Crippen LogP contribution in [0.4, 0.5) is 11.5 Å². The third kappa shape index (κ3) is 4.32. The van der Waals surface area contributed by atoms with Crippen molar-refractivity contribution in [3.63, 3.8) is 0 Å². The molecular weight excluding hydrogens is 236 g/mol. The van der Waals surface area contributed by atoms with Gasteiger partial charge in [0.1, 0.15) is 11.9 Å². The van der Waals surface area contributed by atoms with Gasteiger partial charge in [0.25, 0.3) is 0 Å². The second kappa shape index (κ2) is 7.02. The van der Waals surface area contributed by atoms with Crippen molar-refractivity contribution in [3.8, 4) is 6.07 Å². The van der Waals surface area contributed by atoms with E-state index >= 15 is 0 Å². The third-order valence-corrected chi connectivity index (χ3v) is 2.66. The maximum atomic E-state index is 8.66. The lowest BCUT2D eigenvalue weighted by Crippen LogP contribution is -2.09. The van der Waals surface area contributed by atoms with Crippen LogP contribution in [0.15, 0.2) is 48.7 Å². The molecule has 0 bridgehead atoms. The molecule has 4 nitrogen and oxygen atoms in total. The van der Waals surface area contributed by atoms with Crippen LogP contribution in [-0.4, -0.2) is 18.1 Å². The number of aromatic nitrogens is 1. The summed E-state index contributed by atoms with van der Waals surface area (Å²) in [5.41, 5.74) is 1.72. The minimum Gasteiger partial charge on any atom is -0.385 e. The highest BCUT2D eigenvalue weighted by Gasteiger charge is 1.94. The minimum absolute atomic E-state index is 0.580. The molecule has 1 aromatic carbocycles. The molecule has 0 aliphatic heterocycles. The number of hydrogen-bond acceptors (Lipinski definition) is 4. The Labute approximate surface area is 113 Å². The molecule has 4 heteroatoms. The smallest absolute Gasteiger partial charge is 0.125 e. The predicted octanol–water partition coefficient (Wildman–Crippen LogP) is 2.87. The van der Waals surface area contributed by atoms with Crippen LogP contribution < -0.4 is 10.6 Å². The van der Waals surface area contributed by atoms with E-state index in [2.05, 4.69) is 27.8 Å². The Morgan fingerprint density at radius 3 is 2.47 bits per heavy atom. The lowest BCUT2D eigenvalue weighted by molar-refractivity contribution is 0.904. The van der Waals surface area contributed by atoms with Crippen LogP contribution in [0.25, 0.3) is 0 Å². The van der Waals surface area contributed by atoms with Crippen molar-refractivity contribution >= 4 is 11.5 Å². The summed E-state index contributed by atoms with van der Waals surface area (Å²) in [5.74, 6) is 0.804. The molecule has 2 rings (SSSR count). The minimum atomic E-state index is 0.580. The highest BCUT2D eigenvalue weighted by atomic mass is 15.0. The van der Waals surface area contributed by atoms with E-state index in [1.165, 1.54) is 0 Å². The number of para-hydroxylation sites is 1. The van der Waals surface area contributed by atoms with E-state index in [4.69, 9.17) is 5.26 Å². The van der Waals surface area contributed by atoms with Gasteiger partial charge in [-0.25, -0.2) is 4.98 Å². The van der Waals surface area contributed by atoms with Gasteiger partial charge in [-0.3, -0.25) is 0 Å². The van der Waals surface area contributed by atoms with Crippen molar-refractivity contribution in [3.05, 3.63) is 54.2 Å². The van der Waals surface area contributed by atoms with Crippen molar-refractivity contribution < 1.29 is 0 Å². The number of nitriles is 1. The van der Waals surface area contributed by atoms with Crippen LogP contribution in [0.3, 0.4) is 0 Å². The Morgan fingerprint density at radius 1 is 1.00 bits per heavy atom. The number of benzene rings is 1. The first-order chi connectivity index (χ1) is 9.38. The lowest BCUT2D eigenvalue weighted by Gasteiger charge is -2.07. The molecular formula is C15H16N4. The van der Waals surface area contributed by atoms with Gasteiger partial charge in [-0.1, -0.05) is 18.2 Å². The van der Waals surface area contributed by atoms with Crippen LogP contribution in [-0.2, 0) is 0 Å². The van der Waals surface area contributed by atoms with Crippen LogP contribution in [0.5, 0.6) is 0 Å². The van der Waals surface area contributed by atoms with Gasteiger partial charge in [-0.15, -0.1) is 0 Å². The zero-order chi connectivity index (χ0) is 13.3. The van der Waals surface area contributed by atoms with Crippen molar-refractivity contribution in [1.82, 2.24) is 4.98 Å². The van der Waals surface area contributed by atoms with E-state index in [9.17, 15) is 0 Å². The van der Waals surface area contributed by atoms with E-state index < -0.39 is 0 Å². The Kier molecular flexibility index (Phi) is 4.77. The molecule has 0 aliphatic rings. The average Bonchev–Trinajstić information content (AvgIpc) is 2.49. The highest BCUT2D eigenvalue weighted by Crippen LogP contribution is 2.06. The number of nitrogens with zero attached hydrogens (tertiary/aromatic N) is 2. The quantitative estimate of drug-likeness (QED) is 0.776. The molecule has 0 unspecified atom stereocenters. The van der Waals surface area contributed by atoms with Gasteiger partial charge in [0.05, 0.1) is 5.56 Å². The molecule has 0 radical (unpaired) electrons. The molecule has 0 spiro atoms. The van der Waals surface area contributed by atoms with Gasteiger partial charge in [0, 0.05) is 25.0 Å². The van der Waals surface area contributed by atoms with E-state index in [0.717, 1.165) is 31.0 Å². The second-order valence-corrected chi connectivity index (χ2v) is 4.12. The Morgan fingerprint density at radius 2 is 1.79 bits per heavy atom. The van der Waals surface area contributed by atoms with Gasteiger partial charge < -0.3 is 10.6 Å². The number of rotatable bonds is 6. The average molecular weight is 252 g/mol. The molecule has 96 valence electrons. The van der Waals surface area contributed by atoms with E-state index in [1.54, 1.807) is 12.3 Å². The van der Waals surface area contributed by atoms with Crippen molar-refractivity contribution in [2.75, 3.05) is 23.7 Å². The lowest BCUT2D eigenvalue weighted by atomic mass is 10.3. The molecule has 1 aromatic heterocycles. The normalized spacial score (nSPS) is 9.63. The van der Waals surface area contributed by atoms with Crippen LogP contribution in [0, 0.1) is 11.3 Å². The molecule has 1 heterocycles. The van der Waals surface area contributed by atoms with Crippen molar-refractivity contribution in [1.29, 1.82) is 5.26 Å². The van der Waals surface area contributed by atoms with Crippen LogP contribution in [0.1, 0.15) is 12.0 Å².